The average Bonchev–Trinajstić information content (AvgIpc) is 2.61. The van der Waals surface area contributed by atoms with E-state index in [0.29, 0.717) is 17.1 Å². The minimum atomic E-state index is -1.65. The Morgan fingerprint density at radius 3 is 2.23 bits per heavy atom. The molecule has 0 unspecified atom stereocenters. The van der Waals surface area contributed by atoms with Gasteiger partial charge in [-0.05, 0) is 43.7 Å². The fourth-order valence-electron chi connectivity index (χ4n) is 2.36. The van der Waals surface area contributed by atoms with Crippen molar-refractivity contribution in [1.82, 2.24) is 5.32 Å². The molecule has 0 aliphatic heterocycles. The van der Waals surface area contributed by atoms with Crippen LogP contribution in [-0.4, -0.2) is 20.3 Å². The number of hydrogen-bond donors (Lipinski definition) is 2. The molecule has 0 radical (unpaired) electrons. The van der Waals surface area contributed by atoms with Gasteiger partial charge >= 0.3 is 6.03 Å². The van der Waals surface area contributed by atoms with Crippen LogP contribution in [0.2, 0.25) is 0 Å². The average molecular weight is 368 g/mol. The summed E-state index contributed by atoms with van der Waals surface area (Å²) in [5.74, 6) is -3.45. The number of methoxy groups -OCH3 is 2. The maximum Gasteiger partial charge on any atom is 0.320 e. The number of anilines is 1. The van der Waals surface area contributed by atoms with Gasteiger partial charge in [0, 0.05) is 0 Å². The first-order valence-corrected chi connectivity index (χ1v) is 7.64. The molecule has 0 saturated carbocycles. The fourth-order valence-corrected chi connectivity index (χ4v) is 2.36. The van der Waals surface area contributed by atoms with E-state index in [1.807, 2.05) is 0 Å². The lowest BCUT2D eigenvalue weighted by atomic mass is 9.94. The van der Waals surface area contributed by atoms with E-state index < -0.39 is 34.7 Å². The van der Waals surface area contributed by atoms with Crippen molar-refractivity contribution in [2.75, 3.05) is 19.5 Å². The molecule has 2 aromatic rings. The molecular formula is C18H19F3N2O3. The standard InChI is InChI=1S/C18H19F3N2O3/c1-18(2,10-5-8-13(25-3)14(9-10)26-4)23-17(24)22-12-7-6-11(19)15(20)16(12)21/h5-9H,1-4H3,(H2,22,23,24). The smallest absolute Gasteiger partial charge is 0.320 e. The molecule has 0 heterocycles. The van der Waals surface area contributed by atoms with E-state index in [2.05, 4.69) is 10.6 Å². The molecule has 2 N–H and O–H groups in total. The monoisotopic (exact) mass is 368 g/mol. The molecule has 0 saturated heterocycles. The topological polar surface area (TPSA) is 59.6 Å². The minimum Gasteiger partial charge on any atom is -0.493 e. The van der Waals surface area contributed by atoms with Crippen LogP contribution in [0.25, 0.3) is 0 Å². The molecule has 0 aliphatic rings. The van der Waals surface area contributed by atoms with Gasteiger partial charge in [-0.1, -0.05) is 6.07 Å². The van der Waals surface area contributed by atoms with E-state index in [9.17, 15) is 18.0 Å². The van der Waals surface area contributed by atoms with Gasteiger partial charge in [0.25, 0.3) is 0 Å². The normalized spacial score (nSPS) is 11.0. The Labute approximate surface area is 149 Å². The Hall–Kier alpha value is -2.90. The first-order chi connectivity index (χ1) is 12.2. The molecular weight excluding hydrogens is 349 g/mol. The van der Waals surface area contributed by atoms with Gasteiger partial charge in [-0.2, -0.15) is 0 Å². The molecule has 2 amide bonds. The predicted octanol–water partition coefficient (Wildman–Crippen LogP) is 4.18. The summed E-state index contributed by atoms with van der Waals surface area (Å²) in [7, 11) is 2.99. The molecule has 0 atom stereocenters. The van der Waals surface area contributed by atoms with Gasteiger partial charge in [0.2, 0.25) is 0 Å². The van der Waals surface area contributed by atoms with Crippen molar-refractivity contribution < 1.29 is 27.4 Å². The lowest BCUT2D eigenvalue weighted by Gasteiger charge is -2.27. The van der Waals surface area contributed by atoms with Crippen LogP contribution in [0.3, 0.4) is 0 Å². The van der Waals surface area contributed by atoms with Crippen molar-refractivity contribution in [3.05, 3.63) is 53.3 Å². The van der Waals surface area contributed by atoms with Crippen molar-refractivity contribution in [3.63, 3.8) is 0 Å². The highest BCUT2D eigenvalue weighted by Crippen LogP contribution is 2.32. The van der Waals surface area contributed by atoms with Gasteiger partial charge in [-0.25, -0.2) is 18.0 Å². The zero-order valence-corrected chi connectivity index (χ0v) is 14.7. The number of carbonyl (C=O) groups is 1. The van der Waals surface area contributed by atoms with E-state index in [1.165, 1.54) is 14.2 Å². The van der Waals surface area contributed by atoms with Crippen molar-refractivity contribution in [2.24, 2.45) is 0 Å². The Morgan fingerprint density at radius 2 is 1.62 bits per heavy atom. The lowest BCUT2D eigenvalue weighted by Crippen LogP contribution is -2.43. The molecule has 0 fully saturated rings. The van der Waals surface area contributed by atoms with Crippen LogP contribution >= 0.6 is 0 Å². The van der Waals surface area contributed by atoms with Crippen LogP contribution in [-0.2, 0) is 5.54 Å². The maximum absolute atomic E-state index is 13.7. The molecule has 140 valence electrons. The highest BCUT2D eigenvalue weighted by atomic mass is 19.2. The number of carbonyl (C=O) groups excluding carboxylic acids is 1. The highest BCUT2D eigenvalue weighted by Gasteiger charge is 2.25. The number of urea groups is 1. The Kier molecular flexibility index (Phi) is 5.64. The van der Waals surface area contributed by atoms with Crippen molar-refractivity contribution >= 4 is 11.7 Å². The van der Waals surface area contributed by atoms with Gasteiger partial charge < -0.3 is 20.1 Å². The molecule has 0 aliphatic carbocycles. The minimum absolute atomic E-state index is 0.468. The molecule has 26 heavy (non-hydrogen) atoms. The molecule has 0 bridgehead atoms. The van der Waals surface area contributed by atoms with Crippen molar-refractivity contribution in [1.29, 1.82) is 0 Å². The van der Waals surface area contributed by atoms with Crippen molar-refractivity contribution in [2.45, 2.75) is 19.4 Å². The van der Waals surface area contributed by atoms with Gasteiger partial charge in [0.05, 0.1) is 25.4 Å². The third-order valence-corrected chi connectivity index (χ3v) is 3.81. The summed E-state index contributed by atoms with van der Waals surface area (Å²) in [5.41, 5.74) is -0.654. The third kappa shape index (κ3) is 4.01. The summed E-state index contributed by atoms with van der Waals surface area (Å²) in [6, 6.07) is 6.00. The third-order valence-electron chi connectivity index (χ3n) is 3.81. The number of benzene rings is 2. The number of rotatable bonds is 5. The van der Waals surface area contributed by atoms with Crippen LogP contribution < -0.4 is 20.1 Å². The van der Waals surface area contributed by atoms with Gasteiger partial charge in [-0.15, -0.1) is 0 Å². The van der Waals surface area contributed by atoms with Crippen LogP contribution in [0.5, 0.6) is 11.5 Å². The SMILES string of the molecule is COc1ccc(C(C)(C)NC(=O)Nc2ccc(F)c(F)c2F)cc1OC. The number of amides is 2. The lowest BCUT2D eigenvalue weighted by molar-refractivity contribution is 0.241. The summed E-state index contributed by atoms with van der Waals surface area (Å²) >= 11 is 0. The number of ether oxygens (including phenoxy) is 2. The van der Waals surface area contributed by atoms with Gasteiger partial charge in [0.15, 0.2) is 29.0 Å². The van der Waals surface area contributed by atoms with E-state index in [1.54, 1.807) is 32.0 Å². The van der Waals surface area contributed by atoms with Gasteiger partial charge in [-0.3, -0.25) is 0 Å². The maximum atomic E-state index is 13.7. The summed E-state index contributed by atoms with van der Waals surface area (Å²) in [4.78, 5) is 12.2. The molecule has 8 heteroatoms. The fraction of sp³-hybridized carbons (Fsp3) is 0.278. The number of hydrogen-bond acceptors (Lipinski definition) is 3. The second kappa shape index (κ2) is 7.55. The van der Waals surface area contributed by atoms with Crippen LogP contribution in [0.15, 0.2) is 30.3 Å². The Morgan fingerprint density at radius 1 is 0.962 bits per heavy atom. The Bertz CT molecular complexity index is 826. The highest BCUT2D eigenvalue weighted by molar-refractivity contribution is 5.90. The molecule has 2 aromatic carbocycles. The summed E-state index contributed by atoms with van der Waals surface area (Å²) in [6.45, 7) is 3.44. The molecule has 2 rings (SSSR count). The van der Waals surface area contributed by atoms with Crippen molar-refractivity contribution in [3.8, 4) is 11.5 Å². The zero-order chi connectivity index (χ0) is 19.5. The molecule has 0 spiro atoms. The van der Waals surface area contributed by atoms with E-state index in [4.69, 9.17) is 9.47 Å². The number of nitrogens with one attached hydrogen (secondary N) is 2. The van der Waals surface area contributed by atoms with E-state index in [0.717, 1.165) is 12.1 Å². The van der Waals surface area contributed by atoms with Crippen LogP contribution in [0, 0.1) is 17.5 Å². The van der Waals surface area contributed by atoms with Crippen LogP contribution in [0.4, 0.5) is 23.7 Å². The van der Waals surface area contributed by atoms with Gasteiger partial charge in [0.1, 0.15) is 0 Å². The first kappa shape index (κ1) is 19.4. The quantitative estimate of drug-likeness (QED) is 0.779. The predicted molar refractivity (Wildman–Crippen MR) is 91.0 cm³/mol. The zero-order valence-electron chi connectivity index (χ0n) is 14.7. The van der Waals surface area contributed by atoms with E-state index >= 15 is 0 Å². The second-order valence-corrected chi connectivity index (χ2v) is 6.00. The number of halogens is 3. The largest absolute Gasteiger partial charge is 0.493 e. The summed E-state index contributed by atoms with van der Waals surface area (Å²) in [6.07, 6.45) is 0. The van der Waals surface area contributed by atoms with Crippen LogP contribution in [0.1, 0.15) is 19.4 Å². The molecule has 5 nitrogen and oxygen atoms in total. The first-order valence-electron chi connectivity index (χ1n) is 7.64. The molecule has 0 aromatic heterocycles. The van der Waals surface area contributed by atoms with E-state index in [-0.39, 0.29) is 0 Å². The second-order valence-electron chi connectivity index (χ2n) is 6.00. The Balaban J connectivity index is 2.18. The summed E-state index contributed by atoms with van der Waals surface area (Å²) < 4.78 is 50.3. The summed E-state index contributed by atoms with van der Waals surface area (Å²) in [5, 5.41) is 4.81.